The second-order valence-electron chi connectivity index (χ2n) is 19.4. The van der Waals surface area contributed by atoms with Gasteiger partial charge >= 0.3 is 5.97 Å². The number of aromatic nitrogens is 1. The predicted molar refractivity (Wildman–Crippen MR) is 229 cm³/mol. The Morgan fingerprint density at radius 2 is 1.70 bits per heavy atom. The molecular weight excluding hydrogens is 796 g/mol. The van der Waals surface area contributed by atoms with Gasteiger partial charge < -0.3 is 64.4 Å². The zero-order chi connectivity index (χ0) is 45.1. The average molecular weight is 874 g/mol. The zero-order valence-electron chi connectivity index (χ0n) is 38.5. The van der Waals surface area contributed by atoms with Gasteiger partial charge in [0.25, 0.3) is 0 Å². The zero-order valence-corrected chi connectivity index (χ0v) is 39.2. The highest BCUT2D eigenvalue weighted by Crippen LogP contribution is 2.44. The van der Waals surface area contributed by atoms with E-state index in [2.05, 4.69) is 36.4 Å². The van der Waals surface area contributed by atoms with Crippen molar-refractivity contribution >= 4 is 23.3 Å². The molecule has 0 aromatic carbocycles. The molecular formula is C44H77ClN4O11. The molecule has 0 unspecified atom stereocenters. The van der Waals surface area contributed by atoms with Gasteiger partial charge in [0.15, 0.2) is 12.6 Å². The van der Waals surface area contributed by atoms with Gasteiger partial charge in [-0.2, -0.15) is 0 Å². The van der Waals surface area contributed by atoms with Crippen molar-refractivity contribution in [2.24, 2.45) is 23.2 Å². The second kappa shape index (κ2) is 20.4. The number of likely N-dealkylation sites (N-methyl/N-ethyl adjacent to an activating group) is 1. The first-order chi connectivity index (χ1) is 27.8. The molecule has 60 heavy (non-hydrogen) atoms. The minimum Gasteiger partial charge on any atom is -0.459 e. The van der Waals surface area contributed by atoms with Gasteiger partial charge in [-0.3, -0.25) is 4.79 Å². The molecule has 1 aromatic heterocycles. The fourth-order valence-electron chi connectivity index (χ4n) is 9.84. The number of aliphatic hydroxyl groups is 4. The number of esters is 1. The van der Waals surface area contributed by atoms with Crippen LogP contribution in [0.4, 0.5) is 5.69 Å². The lowest BCUT2D eigenvalue weighted by Gasteiger charge is -2.53. The molecule has 4 heterocycles. The SMILES string of the molecule is CC[C@H]1OC(=O)[C@H](C)[C@H](O[C@@H]2C[C@](C)(OC)[C@@](O)(CNc3ccnc(Cl)c3)[C@H](C)O2)[C@H](C)[C@@H](O[C@@H]2O[C@H](C)C[C@H](N(C)C)[C@H]2O)C(C)(C)C[C@@H](C)NC[C@H](C)[C@@H](O)[C@]1(C)O. The molecule has 6 N–H and O–H groups in total. The van der Waals surface area contributed by atoms with Crippen molar-refractivity contribution in [1.29, 1.82) is 0 Å². The number of ether oxygens (including phenoxy) is 6. The molecule has 3 fully saturated rings. The van der Waals surface area contributed by atoms with Gasteiger partial charge in [-0.1, -0.05) is 46.2 Å². The van der Waals surface area contributed by atoms with Crippen molar-refractivity contribution in [3.63, 3.8) is 0 Å². The average Bonchev–Trinajstić information content (AvgIpc) is 3.17. The Kier molecular flexibility index (Phi) is 17.3. The predicted octanol–water partition coefficient (Wildman–Crippen LogP) is 4.36. The Morgan fingerprint density at radius 3 is 2.30 bits per heavy atom. The Labute approximate surface area is 363 Å². The fourth-order valence-corrected chi connectivity index (χ4v) is 10.0. The molecule has 3 aliphatic heterocycles. The molecule has 0 bridgehead atoms. The van der Waals surface area contributed by atoms with Crippen LogP contribution in [0.5, 0.6) is 0 Å². The van der Waals surface area contributed by atoms with E-state index in [1.165, 1.54) is 14.0 Å². The Morgan fingerprint density at radius 1 is 1.03 bits per heavy atom. The number of hydrogen-bond donors (Lipinski definition) is 6. The van der Waals surface area contributed by atoms with Crippen molar-refractivity contribution in [3.8, 4) is 0 Å². The van der Waals surface area contributed by atoms with E-state index in [1.807, 2.05) is 39.8 Å². The number of pyridine rings is 1. The van der Waals surface area contributed by atoms with Gasteiger partial charge in [-0.15, -0.1) is 0 Å². The summed E-state index contributed by atoms with van der Waals surface area (Å²) in [5.41, 5.74) is -4.50. The van der Waals surface area contributed by atoms with E-state index >= 15 is 0 Å². The summed E-state index contributed by atoms with van der Waals surface area (Å²) in [5.74, 6) is -2.56. The van der Waals surface area contributed by atoms with Crippen LogP contribution in [0, 0.1) is 23.2 Å². The summed E-state index contributed by atoms with van der Waals surface area (Å²) in [5, 5.41) is 54.4. The fraction of sp³-hybridized carbons (Fsp3) is 0.864. The van der Waals surface area contributed by atoms with Gasteiger partial charge in [0.1, 0.15) is 34.2 Å². The molecule has 0 radical (unpaired) electrons. The van der Waals surface area contributed by atoms with Crippen molar-refractivity contribution in [2.45, 2.75) is 186 Å². The number of carbonyl (C=O) groups excluding carboxylic acids is 1. The van der Waals surface area contributed by atoms with Gasteiger partial charge in [0.2, 0.25) is 0 Å². The molecule has 0 spiro atoms. The van der Waals surface area contributed by atoms with E-state index in [-0.39, 0.29) is 37.6 Å². The number of nitrogens with zero attached hydrogens (tertiary/aromatic N) is 2. The van der Waals surface area contributed by atoms with Gasteiger partial charge in [0.05, 0.1) is 36.4 Å². The molecule has 16 heteroatoms. The number of rotatable bonds is 10. The van der Waals surface area contributed by atoms with Crippen LogP contribution < -0.4 is 10.6 Å². The third kappa shape index (κ3) is 11.3. The first-order valence-corrected chi connectivity index (χ1v) is 22.1. The molecule has 4 rings (SSSR count). The van der Waals surface area contributed by atoms with Crippen molar-refractivity contribution < 1.29 is 53.6 Å². The third-order valence-electron chi connectivity index (χ3n) is 13.8. The summed E-state index contributed by atoms with van der Waals surface area (Å²) in [6, 6.07) is 3.10. The smallest absolute Gasteiger partial charge is 0.311 e. The van der Waals surface area contributed by atoms with E-state index in [0.717, 1.165) is 0 Å². The number of aliphatic hydroxyl groups excluding tert-OH is 2. The van der Waals surface area contributed by atoms with E-state index < -0.39 is 95.1 Å². The number of hydrogen-bond acceptors (Lipinski definition) is 15. The quantitative estimate of drug-likeness (QED) is 0.143. The Bertz CT molecular complexity index is 1540. The molecule has 15 nitrogen and oxygen atoms in total. The summed E-state index contributed by atoms with van der Waals surface area (Å²) in [7, 11) is 5.38. The molecule has 1 aromatic rings. The molecule has 0 aliphatic carbocycles. The van der Waals surface area contributed by atoms with E-state index in [9.17, 15) is 25.2 Å². The van der Waals surface area contributed by atoms with Crippen LogP contribution in [-0.4, -0.2) is 155 Å². The summed E-state index contributed by atoms with van der Waals surface area (Å²) in [6.45, 7) is 21.0. The number of methoxy groups -OCH3 is 1. The Hall–Kier alpha value is -1.73. The first-order valence-electron chi connectivity index (χ1n) is 21.7. The van der Waals surface area contributed by atoms with Crippen LogP contribution in [0.2, 0.25) is 5.15 Å². The lowest BCUT2D eigenvalue weighted by atomic mass is 9.72. The second-order valence-corrected chi connectivity index (χ2v) is 19.7. The third-order valence-corrected chi connectivity index (χ3v) is 14.0. The highest BCUT2D eigenvalue weighted by atomic mass is 35.5. The van der Waals surface area contributed by atoms with E-state index in [1.54, 1.807) is 46.0 Å². The maximum atomic E-state index is 14.5. The monoisotopic (exact) mass is 873 g/mol. The van der Waals surface area contributed by atoms with Crippen LogP contribution in [-0.2, 0) is 33.2 Å². The lowest BCUT2D eigenvalue weighted by molar-refractivity contribution is -0.333. The van der Waals surface area contributed by atoms with Crippen LogP contribution in [0.3, 0.4) is 0 Å². The number of cyclic esters (lactones) is 1. The summed E-state index contributed by atoms with van der Waals surface area (Å²) in [6.07, 6.45) is -4.74. The molecule has 0 saturated carbocycles. The molecule has 0 amide bonds. The Balaban J connectivity index is 1.78. The molecule has 3 saturated heterocycles. The molecule has 3 aliphatic rings. The lowest BCUT2D eigenvalue weighted by Crippen LogP contribution is -2.69. The normalized spacial score (nSPS) is 43.8. The van der Waals surface area contributed by atoms with E-state index in [0.29, 0.717) is 30.2 Å². The minimum absolute atomic E-state index is 0.0450. The topological polar surface area (TPSA) is 194 Å². The maximum Gasteiger partial charge on any atom is 0.311 e. The number of anilines is 1. The summed E-state index contributed by atoms with van der Waals surface area (Å²) >= 11 is 6.13. The van der Waals surface area contributed by atoms with Gasteiger partial charge in [-0.25, -0.2) is 4.98 Å². The minimum atomic E-state index is -1.77. The van der Waals surface area contributed by atoms with Crippen LogP contribution in [0.1, 0.15) is 102 Å². The van der Waals surface area contributed by atoms with Crippen LogP contribution >= 0.6 is 11.6 Å². The van der Waals surface area contributed by atoms with Gasteiger partial charge in [-0.05, 0) is 98.4 Å². The van der Waals surface area contributed by atoms with Gasteiger partial charge in [0, 0.05) is 56.5 Å². The van der Waals surface area contributed by atoms with Crippen LogP contribution in [0.15, 0.2) is 18.3 Å². The van der Waals surface area contributed by atoms with E-state index in [4.69, 9.17) is 40.0 Å². The maximum absolute atomic E-state index is 14.5. The molecule has 346 valence electrons. The number of carbonyl (C=O) groups is 1. The number of halogens is 1. The highest BCUT2D eigenvalue weighted by molar-refractivity contribution is 6.29. The summed E-state index contributed by atoms with van der Waals surface area (Å²) in [4.78, 5) is 20.5. The number of nitrogens with one attached hydrogen (secondary N) is 2. The standard InChI is InChI=1S/C44H77ClN4O11/c1-15-32-43(11,53)37(51)24(2)22-47-25(3)20-41(8,9)38(60-40-35(50)31(49(12)13)18-26(4)56-40)27(5)36(28(6)39(52)58-32)59-34-21-42(10,55-14)44(54,29(7)57-34)23-48-30-16-17-46-33(45)19-30/h16-17,19,24-29,31-32,34-38,40,47,50-51,53-54H,15,18,20-23H2,1-14H3,(H,46,48)/t24-,25+,26+,27-,28+,29-,31-,32+,34+,35+,36+,37+,38+,40-,42-,43+,44+/m0/s1. The van der Waals surface area contributed by atoms with Crippen molar-refractivity contribution in [3.05, 3.63) is 23.5 Å². The largest absolute Gasteiger partial charge is 0.459 e. The first kappa shape index (κ1) is 50.9. The van der Waals surface area contributed by atoms with Crippen molar-refractivity contribution in [2.75, 3.05) is 39.6 Å². The van der Waals surface area contributed by atoms with Crippen LogP contribution in [0.25, 0.3) is 0 Å². The molecule has 17 atom stereocenters. The summed E-state index contributed by atoms with van der Waals surface area (Å²) < 4.78 is 39.1. The van der Waals surface area contributed by atoms with Crippen molar-refractivity contribution in [1.82, 2.24) is 15.2 Å². The highest BCUT2D eigenvalue weighted by Gasteiger charge is 2.58.